The Bertz CT molecular complexity index is 636. The average Bonchev–Trinajstić information content (AvgIpc) is 2.73. The number of likely N-dealkylation sites (N-methyl/N-ethyl adjacent to an activating group) is 1. The first kappa shape index (κ1) is 16.7. The number of aryl methyl sites for hydroxylation is 1. The molecule has 0 aliphatic carbocycles. The zero-order chi connectivity index (χ0) is 17.2. The number of likely N-dealkylation sites (tertiary alicyclic amines) is 1. The Morgan fingerprint density at radius 2 is 2.21 bits per heavy atom. The highest BCUT2D eigenvalue weighted by Crippen LogP contribution is 2.32. The van der Waals surface area contributed by atoms with Crippen molar-refractivity contribution < 1.29 is 14.3 Å². The fraction of sp³-hybridized carbons (Fsp3) is 0.647. The molecule has 0 unspecified atom stereocenters. The Morgan fingerprint density at radius 1 is 1.38 bits per heavy atom. The number of rotatable bonds is 3. The van der Waals surface area contributed by atoms with E-state index in [0.29, 0.717) is 31.6 Å². The topological polar surface area (TPSA) is 75.6 Å². The summed E-state index contributed by atoms with van der Waals surface area (Å²) in [4.78, 5) is 36.4. The van der Waals surface area contributed by atoms with E-state index in [9.17, 15) is 9.59 Å². The minimum absolute atomic E-state index is 0.0196. The Balaban J connectivity index is 1.73. The van der Waals surface area contributed by atoms with E-state index in [1.54, 1.807) is 18.1 Å². The van der Waals surface area contributed by atoms with Gasteiger partial charge in [-0.05, 0) is 19.3 Å². The number of carbonyl (C=O) groups is 2. The smallest absolute Gasteiger partial charge is 0.410 e. The Hall–Kier alpha value is -2.18. The second-order valence-corrected chi connectivity index (χ2v) is 6.69. The van der Waals surface area contributed by atoms with Gasteiger partial charge in [0.05, 0.1) is 17.8 Å². The van der Waals surface area contributed by atoms with Crippen LogP contribution in [0.15, 0.2) is 12.5 Å². The van der Waals surface area contributed by atoms with Gasteiger partial charge in [-0.2, -0.15) is 0 Å². The zero-order valence-corrected chi connectivity index (χ0v) is 14.3. The number of ether oxygens (including phenoxy) is 1. The standard InChI is InChI=1S/C17H24N4O3/c1-3-5-14-13(10-18-12-19-14)15(22)21-8-4-6-17(7-9-21)11-20(2)16(23)24-17/h10,12H,3-9,11H2,1-2H3/t17-/m1/s1. The molecule has 1 spiro atoms. The van der Waals surface area contributed by atoms with Crippen molar-refractivity contribution in [3.8, 4) is 0 Å². The van der Waals surface area contributed by atoms with E-state index in [0.717, 1.165) is 31.4 Å². The SMILES string of the molecule is CCCc1ncncc1C(=O)N1CCC[C@@]2(CC1)CN(C)C(=O)O2. The summed E-state index contributed by atoms with van der Waals surface area (Å²) in [5.41, 5.74) is 0.958. The number of nitrogens with zero attached hydrogens (tertiary/aromatic N) is 4. The molecule has 0 radical (unpaired) electrons. The molecule has 2 fully saturated rings. The van der Waals surface area contributed by atoms with Crippen LogP contribution >= 0.6 is 0 Å². The molecule has 0 aromatic carbocycles. The van der Waals surface area contributed by atoms with Gasteiger partial charge in [0.1, 0.15) is 11.9 Å². The molecule has 0 N–H and O–H groups in total. The first-order chi connectivity index (χ1) is 11.5. The molecule has 2 saturated heterocycles. The molecule has 7 nitrogen and oxygen atoms in total. The molecule has 1 aromatic heterocycles. The third kappa shape index (κ3) is 3.20. The van der Waals surface area contributed by atoms with Gasteiger partial charge in [-0.3, -0.25) is 4.79 Å². The van der Waals surface area contributed by atoms with E-state index in [2.05, 4.69) is 16.9 Å². The quantitative estimate of drug-likeness (QED) is 0.845. The van der Waals surface area contributed by atoms with Crippen molar-refractivity contribution in [3.63, 3.8) is 0 Å². The lowest BCUT2D eigenvalue weighted by molar-refractivity contribution is 0.0438. The van der Waals surface area contributed by atoms with Crippen LogP contribution in [0, 0.1) is 0 Å². The molecule has 2 aliphatic rings. The van der Waals surface area contributed by atoms with E-state index < -0.39 is 5.60 Å². The Kier molecular flexibility index (Phi) is 4.69. The predicted octanol–water partition coefficient (Wildman–Crippen LogP) is 1.88. The molecule has 7 heteroatoms. The van der Waals surface area contributed by atoms with Crippen molar-refractivity contribution in [1.82, 2.24) is 19.8 Å². The lowest BCUT2D eigenvalue weighted by Crippen LogP contribution is -2.37. The van der Waals surface area contributed by atoms with Crippen molar-refractivity contribution in [2.75, 3.05) is 26.7 Å². The summed E-state index contributed by atoms with van der Waals surface area (Å²) in [6, 6.07) is 0. The molecule has 130 valence electrons. The van der Waals surface area contributed by atoms with Crippen LogP contribution in [-0.2, 0) is 11.2 Å². The average molecular weight is 332 g/mol. The number of aromatic nitrogens is 2. The van der Waals surface area contributed by atoms with Gasteiger partial charge in [-0.25, -0.2) is 14.8 Å². The summed E-state index contributed by atoms with van der Waals surface area (Å²) >= 11 is 0. The summed E-state index contributed by atoms with van der Waals surface area (Å²) < 4.78 is 5.60. The van der Waals surface area contributed by atoms with Crippen molar-refractivity contribution in [1.29, 1.82) is 0 Å². The lowest BCUT2D eigenvalue weighted by atomic mass is 9.95. The van der Waals surface area contributed by atoms with E-state index in [4.69, 9.17) is 4.74 Å². The minimum atomic E-state index is -0.444. The molecule has 2 amide bonds. The van der Waals surface area contributed by atoms with Crippen molar-refractivity contribution in [2.45, 2.75) is 44.6 Å². The van der Waals surface area contributed by atoms with E-state index in [-0.39, 0.29) is 12.0 Å². The molecule has 1 atom stereocenters. The fourth-order valence-electron chi connectivity index (χ4n) is 3.56. The van der Waals surface area contributed by atoms with Crippen LogP contribution < -0.4 is 0 Å². The second kappa shape index (κ2) is 6.75. The second-order valence-electron chi connectivity index (χ2n) is 6.69. The number of hydrogen-bond donors (Lipinski definition) is 0. The maximum Gasteiger partial charge on any atom is 0.410 e. The van der Waals surface area contributed by atoms with Crippen LogP contribution in [0.25, 0.3) is 0 Å². The third-order valence-corrected chi connectivity index (χ3v) is 4.84. The first-order valence-electron chi connectivity index (χ1n) is 8.57. The molecule has 2 aliphatic heterocycles. The summed E-state index contributed by atoms with van der Waals surface area (Å²) in [5, 5.41) is 0. The fourth-order valence-corrected chi connectivity index (χ4v) is 3.56. The molecule has 0 saturated carbocycles. The summed E-state index contributed by atoms with van der Waals surface area (Å²) in [7, 11) is 1.75. The normalized spacial score (nSPS) is 24.2. The minimum Gasteiger partial charge on any atom is -0.441 e. The molecule has 3 heterocycles. The summed E-state index contributed by atoms with van der Waals surface area (Å²) in [6.07, 6.45) is 6.83. The van der Waals surface area contributed by atoms with Gasteiger partial charge in [0.15, 0.2) is 0 Å². The van der Waals surface area contributed by atoms with Crippen molar-refractivity contribution in [3.05, 3.63) is 23.8 Å². The number of amides is 2. The molecule has 24 heavy (non-hydrogen) atoms. The largest absolute Gasteiger partial charge is 0.441 e. The van der Waals surface area contributed by atoms with E-state index in [1.807, 2.05) is 4.90 Å². The summed E-state index contributed by atoms with van der Waals surface area (Å²) in [6.45, 7) is 3.92. The Morgan fingerprint density at radius 3 is 2.92 bits per heavy atom. The van der Waals surface area contributed by atoms with E-state index >= 15 is 0 Å². The van der Waals surface area contributed by atoms with Gasteiger partial charge < -0.3 is 14.5 Å². The van der Waals surface area contributed by atoms with Gasteiger partial charge in [0, 0.05) is 32.8 Å². The van der Waals surface area contributed by atoms with Gasteiger partial charge in [0.25, 0.3) is 5.91 Å². The third-order valence-electron chi connectivity index (χ3n) is 4.84. The highest BCUT2D eigenvalue weighted by Gasteiger charge is 2.44. The monoisotopic (exact) mass is 332 g/mol. The van der Waals surface area contributed by atoms with Gasteiger partial charge in [-0.1, -0.05) is 13.3 Å². The van der Waals surface area contributed by atoms with Crippen molar-refractivity contribution in [2.24, 2.45) is 0 Å². The van der Waals surface area contributed by atoms with Gasteiger partial charge >= 0.3 is 6.09 Å². The van der Waals surface area contributed by atoms with Crippen LogP contribution in [0.1, 0.15) is 48.7 Å². The van der Waals surface area contributed by atoms with Crippen LogP contribution in [-0.4, -0.2) is 64.1 Å². The summed E-state index contributed by atoms with van der Waals surface area (Å²) in [5.74, 6) is -0.0196. The van der Waals surface area contributed by atoms with Crippen LogP contribution in [0.3, 0.4) is 0 Å². The molecular weight excluding hydrogens is 308 g/mol. The maximum absolute atomic E-state index is 12.9. The number of hydrogen-bond acceptors (Lipinski definition) is 5. The van der Waals surface area contributed by atoms with Crippen LogP contribution in [0.5, 0.6) is 0 Å². The van der Waals surface area contributed by atoms with Crippen LogP contribution in [0.2, 0.25) is 0 Å². The Labute approximate surface area is 142 Å². The molecule has 1 aromatic rings. The zero-order valence-electron chi connectivity index (χ0n) is 14.3. The molecular formula is C17H24N4O3. The predicted molar refractivity (Wildman–Crippen MR) is 87.6 cm³/mol. The maximum atomic E-state index is 12.9. The molecule has 0 bridgehead atoms. The lowest BCUT2D eigenvalue weighted by Gasteiger charge is -2.25. The van der Waals surface area contributed by atoms with Crippen LogP contribution in [0.4, 0.5) is 4.79 Å². The van der Waals surface area contributed by atoms with Crippen molar-refractivity contribution >= 4 is 12.0 Å². The highest BCUT2D eigenvalue weighted by molar-refractivity contribution is 5.95. The molecule has 3 rings (SSSR count). The number of carbonyl (C=O) groups excluding carboxylic acids is 2. The van der Waals surface area contributed by atoms with Gasteiger partial charge in [0.2, 0.25) is 0 Å². The first-order valence-corrected chi connectivity index (χ1v) is 8.57. The van der Waals surface area contributed by atoms with Gasteiger partial charge in [-0.15, -0.1) is 0 Å². The highest BCUT2D eigenvalue weighted by atomic mass is 16.6. The van der Waals surface area contributed by atoms with E-state index in [1.165, 1.54) is 6.33 Å².